The maximum absolute atomic E-state index is 10.8. The molecule has 3 heterocycles. The second-order valence-electron chi connectivity index (χ2n) is 9.71. The van der Waals surface area contributed by atoms with E-state index in [0.717, 1.165) is 66.7 Å². The van der Waals surface area contributed by atoms with Crippen LogP contribution in [-0.2, 0) is 11.3 Å². The van der Waals surface area contributed by atoms with E-state index in [2.05, 4.69) is 26.9 Å². The van der Waals surface area contributed by atoms with Gasteiger partial charge in [-0.25, -0.2) is 9.97 Å². The van der Waals surface area contributed by atoms with E-state index in [0.29, 0.717) is 17.6 Å². The predicted octanol–water partition coefficient (Wildman–Crippen LogP) is 4.41. The number of anilines is 3. The van der Waals surface area contributed by atoms with Gasteiger partial charge in [-0.05, 0) is 38.3 Å². The number of piperidine rings is 1. The van der Waals surface area contributed by atoms with Gasteiger partial charge in [0.15, 0.2) is 0 Å². The third kappa shape index (κ3) is 4.50. The molecule has 1 aromatic carbocycles. The standard InChI is InChI=1S/C25H31ClN6O2/c1-16(15-34-3)6-7-32-14-20(11-28-32)29-24-27-10-17-8-21(26)23(9-22(17)30-24)31-12-18-4-5-19(13-31)25(18,2)33/h8-11,14,18-19,33H,1,4-7,12-13,15H2,2-3H3,(H,27,29,30)/t18-,19+,25?. The number of aliphatic hydroxyl groups is 1. The Morgan fingerprint density at radius 3 is 2.79 bits per heavy atom. The minimum absolute atomic E-state index is 0.267. The van der Waals surface area contributed by atoms with Gasteiger partial charge < -0.3 is 20.1 Å². The van der Waals surface area contributed by atoms with Crippen molar-refractivity contribution in [3.8, 4) is 0 Å². The average Bonchev–Trinajstić information content (AvgIpc) is 3.25. The van der Waals surface area contributed by atoms with Crippen molar-refractivity contribution in [1.82, 2.24) is 19.7 Å². The third-order valence-corrected chi connectivity index (χ3v) is 7.62. The largest absolute Gasteiger partial charge is 0.389 e. The summed E-state index contributed by atoms with van der Waals surface area (Å²) < 4.78 is 6.97. The molecule has 2 bridgehead atoms. The molecule has 0 spiro atoms. The molecule has 1 aliphatic heterocycles. The quantitative estimate of drug-likeness (QED) is 0.459. The van der Waals surface area contributed by atoms with Crippen molar-refractivity contribution in [2.45, 2.75) is 38.3 Å². The smallest absolute Gasteiger partial charge is 0.227 e. The van der Waals surface area contributed by atoms with Gasteiger partial charge in [-0.3, -0.25) is 4.68 Å². The van der Waals surface area contributed by atoms with Crippen LogP contribution in [0.15, 0.2) is 42.9 Å². The number of nitrogens with zero attached hydrogens (tertiary/aromatic N) is 5. The average molecular weight is 483 g/mol. The van der Waals surface area contributed by atoms with Gasteiger partial charge in [0.05, 0.1) is 40.3 Å². The molecule has 2 aliphatic rings. The highest BCUT2D eigenvalue weighted by Crippen LogP contribution is 2.47. The van der Waals surface area contributed by atoms with Crippen LogP contribution in [0.25, 0.3) is 10.9 Å². The lowest BCUT2D eigenvalue weighted by Gasteiger charge is -2.43. The lowest BCUT2D eigenvalue weighted by Crippen LogP contribution is -2.52. The summed E-state index contributed by atoms with van der Waals surface area (Å²) in [5.74, 6) is 1.04. The van der Waals surface area contributed by atoms with Crippen LogP contribution >= 0.6 is 11.6 Å². The number of rotatable bonds is 8. The van der Waals surface area contributed by atoms with Crippen LogP contribution in [0.4, 0.5) is 17.3 Å². The highest BCUT2D eigenvalue weighted by Gasteiger charge is 2.49. The fourth-order valence-corrected chi connectivity index (χ4v) is 5.54. The third-order valence-electron chi connectivity index (χ3n) is 7.32. The van der Waals surface area contributed by atoms with Crippen molar-refractivity contribution in [3.05, 3.63) is 47.9 Å². The molecule has 1 unspecified atom stereocenters. The topological polar surface area (TPSA) is 88.3 Å². The lowest BCUT2D eigenvalue weighted by molar-refractivity contribution is -0.0271. The number of aromatic nitrogens is 4. The summed E-state index contributed by atoms with van der Waals surface area (Å²) in [6.45, 7) is 8.89. The molecule has 180 valence electrons. The molecule has 2 N–H and O–H groups in total. The van der Waals surface area contributed by atoms with Crippen molar-refractivity contribution in [3.63, 3.8) is 0 Å². The summed E-state index contributed by atoms with van der Waals surface area (Å²) in [7, 11) is 1.67. The summed E-state index contributed by atoms with van der Waals surface area (Å²) in [5.41, 5.74) is 3.06. The molecule has 1 saturated heterocycles. The van der Waals surface area contributed by atoms with E-state index in [-0.39, 0.29) is 11.8 Å². The number of fused-ring (bicyclic) bond motifs is 3. The minimum Gasteiger partial charge on any atom is -0.389 e. The molecule has 1 aliphatic carbocycles. The van der Waals surface area contributed by atoms with Crippen LogP contribution in [0.3, 0.4) is 0 Å². The molecule has 0 amide bonds. The van der Waals surface area contributed by atoms with Crippen LogP contribution in [-0.4, -0.2) is 57.3 Å². The molecular weight excluding hydrogens is 452 g/mol. The number of hydrogen-bond donors (Lipinski definition) is 2. The number of hydrogen-bond acceptors (Lipinski definition) is 7. The summed E-state index contributed by atoms with van der Waals surface area (Å²) in [4.78, 5) is 11.5. The summed E-state index contributed by atoms with van der Waals surface area (Å²) in [6.07, 6.45) is 8.39. The molecule has 2 fully saturated rings. The van der Waals surface area contributed by atoms with Gasteiger partial charge in [0.1, 0.15) is 0 Å². The Morgan fingerprint density at radius 2 is 2.06 bits per heavy atom. The number of halogens is 1. The molecular formula is C25H31ClN6O2. The SMILES string of the molecule is C=C(CCn1cc(Nc2ncc3cc(Cl)c(N4C[C@H]5CC[C@@H](C4)C5(C)O)cc3n2)cn1)COC. The first kappa shape index (κ1) is 23.1. The van der Waals surface area contributed by atoms with Gasteiger partial charge in [0, 0.05) is 56.4 Å². The fraction of sp³-hybridized carbons (Fsp3) is 0.480. The van der Waals surface area contributed by atoms with Crippen LogP contribution in [0.5, 0.6) is 0 Å². The molecule has 34 heavy (non-hydrogen) atoms. The first-order valence-electron chi connectivity index (χ1n) is 11.7. The van der Waals surface area contributed by atoms with Crippen LogP contribution < -0.4 is 10.2 Å². The van der Waals surface area contributed by atoms with E-state index in [9.17, 15) is 5.11 Å². The summed E-state index contributed by atoms with van der Waals surface area (Å²) in [6, 6.07) is 3.96. The van der Waals surface area contributed by atoms with Crippen LogP contribution in [0.1, 0.15) is 26.2 Å². The molecule has 0 radical (unpaired) electrons. The van der Waals surface area contributed by atoms with Gasteiger partial charge >= 0.3 is 0 Å². The first-order chi connectivity index (χ1) is 16.3. The molecule has 5 rings (SSSR count). The van der Waals surface area contributed by atoms with E-state index >= 15 is 0 Å². The normalized spacial score (nSPS) is 24.1. The Labute approximate surface area is 204 Å². The monoisotopic (exact) mass is 482 g/mol. The van der Waals surface area contributed by atoms with Gasteiger partial charge in [0.25, 0.3) is 0 Å². The molecule has 3 aromatic rings. The van der Waals surface area contributed by atoms with Crippen molar-refractivity contribution in [2.24, 2.45) is 11.8 Å². The van der Waals surface area contributed by atoms with E-state index in [4.69, 9.17) is 21.3 Å². The van der Waals surface area contributed by atoms with Gasteiger partial charge in [0.2, 0.25) is 5.95 Å². The maximum Gasteiger partial charge on any atom is 0.227 e. The Hall–Kier alpha value is -2.68. The van der Waals surface area contributed by atoms with Gasteiger partial charge in [-0.15, -0.1) is 0 Å². The summed E-state index contributed by atoms with van der Waals surface area (Å²) in [5, 5.41) is 20.1. The maximum atomic E-state index is 10.8. The van der Waals surface area contributed by atoms with Crippen molar-refractivity contribution < 1.29 is 9.84 Å². The number of nitrogens with one attached hydrogen (secondary N) is 1. The lowest BCUT2D eigenvalue weighted by atomic mass is 9.82. The Morgan fingerprint density at radius 1 is 1.29 bits per heavy atom. The fourth-order valence-electron chi connectivity index (χ4n) is 5.25. The zero-order chi connectivity index (χ0) is 23.9. The van der Waals surface area contributed by atoms with Crippen LogP contribution in [0, 0.1) is 11.8 Å². The molecule has 3 atom stereocenters. The Balaban J connectivity index is 1.32. The van der Waals surface area contributed by atoms with Gasteiger partial charge in [-0.2, -0.15) is 5.10 Å². The second-order valence-corrected chi connectivity index (χ2v) is 10.1. The van der Waals surface area contributed by atoms with E-state index in [1.165, 1.54) is 0 Å². The van der Waals surface area contributed by atoms with Gasteiger partial charge in [-0.1, -0.05) is 23.8 Å². The number of ether oxygens (including phenoxy) is 1. The second kappa shape index (κ2) is 9.17. The number of aryl methyl sites for hydroxylation is 1. The Bertz CT molecular complexity index is 1190. The highest BCUT2D eigenvalue weighted by molar-refractivity contribution is 6.34. The van der Waals surface area contributed by atoms with E-state index in [1.807, 2.05) is 29.9 Å². The van der Waals surface area contributed by atoms with E-state index in [1.54, 1.807) is 19.5 Å². The minimum atomic E-state index is -0.583. The molecule has 2 aromatic heterocycles. The van der Waals surface area contributed by atoms with Crippen LogP contribution in [0.2, 0.25) is 5.02 Å². The zero-order valence-electron chi connectivity index (χ0n) is 19.7. The van der Waals surface area contributed by atoms with Crippen molar-refractivity contribution >= 4 is 39.8 Å². The molecule has 8 nitrogen and oxygen atoms in total. The predicted molar refractivity (Wildman–Crippen MR) is 135 cm³/mol. The van der Waals surface area contributed by atoms with Crippen molar-refractivity contribution in [1.29, 1.82) is 0 Å². The molecule has 9 heteroatoms. The molecule has 1 saturated carbocycles. The zero-order valence-corrected chi connectivity index (χ0v) is 20.4. The number of methoxy groups -OCH3 is 1. The Kier molecular flexibility index (Phi) is 6.22. The van der Waals surface area contributed by atoms with Crippen molar-refractivity contribution in [2.75, 3.05) is 37.0 Å². The number of benzene rings is 1. The first-order valence-corrected chi connectivity index (χ1v) is 12.1. The van der Waals surface area contributed by atoms with E-state index < -0.39 is 5.60 Å². The highest BCUT2D eigenvalue weighted by atomic mass is 35.5. The summed E-state index contributed by atoms with van der Waals surface area (Å²) >= 11 is 6.67.